The molecule has 1 heterocycles. The highest BCUT2D eigenvalue weighted by molar-refractivity contribution is 6.03. The first-order valence-corrected chi connectivity index (χ1v) is 6.51. The third-order valence-electron chi connectivity index (χ3n) is 3.01. The quantitative estimate of drug-likeness (QED) is 0.898. The summed E-state index contributed by atoms with van der Waals surface area (Å²) in [6.07, 6.45) is 2.29. The molecule has 0 saturated heterocycles. The van der Waals surface area contributed by atoms with Gasteiger partial charge < -0.3 is 10.6 Å². The molecule has 2 N–H and O–H groups in total. The Morgan fingerprint density at radius 1 is 1.15 bits per heavy atom. The number of rotatable bonds is 4. The average molecular weight is 271 g/mol. The lowest BCUT2D eigenvalue weighted by Gasteiger charge is -2.07. The van der Waals surface area contributed by atoms with Crippen LogP contribution >= 0.6 is 0 Å². The van der Waals surface area contributed by atoms with Crippen molar-refractivity contribution in [3.8, 4) is 0 Å². The molecule has 5 heteroatoms. The predicted molar refractivity (Wildman–Crippen MR) is 75.2 cm³/mol. The van der Waals surface area contributed by atoms with Crippen molar-refractivity contribution in [1.82, 2.24) is 4.98 Å². The van der Waals surface area contributed by atoms with Gasteiger partial charge in [0.15, 0.2) is 0 Å². The summed E-state index contributed by atoms with van der Waals surface area (Å²) in [5, 5.41) is 5.93. The molecule has 1 saturated carbocycles. The molecular formula is C15H14FN3O. The first-order valence-electron chi connectivity index (χ1n) is 6.51. The molecule has 20 heavy (non-hydrogen) atoms. The van der Waals surface area contributed by atoms with Crippen LogP contribution in [0, 0.1) is 5.82 Å². The van der Waals surface area contributed by atoms with Crippen LogP contribution in [0.4, 0.5) is 15.9 Å². The van der Waals surface area contributed by atoms with Crippen molar-refractivity contribution in [2.45, 2.75) is 18.9 Å². The Morgan fingerprint density at radius 2 is 1.90 bits per heavy atom. The predicted octanol–water partition coefficient (Wildman–Crippen LogP) is 3.05. The fourth-order valence-electron chi connectivity index (χ4n) is 1.81. The molecule has 1 amide bonds. The Bertz CT molecular complexity index is 623. The van der Waals surface area contributed by atoms with Crippen LogP contribution < -0.4 is 10.6 Å². The van der Waals surface area contributed by atoms with Crippen molar-refractivity contribution >= 4 is 17.4 Å². The normalized spacial score (nSPS) is 13.8. The van der Waals surface area contributed by atoms with Crippen LogP contribution in [0.5, 0.6) is 0 Å². The van der Waals surface area contributed by atoms with Crippen molar-refractivity contribution in [2.75, 3.05) is 10.6 Å². The van der Waals surface area contributed by atoms with Gasteiger partial charge in [-0.05, 0) is 49.2 Å². The van der Waals surface area contributed by atoms with E-state index < -0.39 is 0 Å². The number of amides is 1. The van der Waals surface area contributed by atoms with Crippen molar-refractivity contribution in [2.24, 2.45) is 0 Å². The molecule has 0 unspecified atom stereocenters. The van der Waals surface area contributed by atoms with E-state index in [1.54, 1.807) is 12.1 Å². The Kier molecular flexibility index (Phi) is 3.33. The lowest BCUT2D eigenvalue weighted by molar-refractivity contribution is 0.102. The molecule has 1 aromatic carbocycles. The second-order valence-electron chi connectivity index (χ2n) is 4.79. The molecule has 0 radical (unpaired) electrons. The van der Waals surface area contributed by atoms with Gasteiger partial charge in [-0.15, -0.1) is 0 Å². The molecule has 0 aliphatic heterocycles. The fourth-order valence-corrected chi connectivity index (χ4v) is 1.81. The minimum absolute atomic E-state index is 0.309. The summed E-state index contributed by atoms with van der Waals surface area (Å²) in [6.45, 7) is 0. The number of carbonyl (C=O) groups excluding carboxylic acids is 1. The van der Waals surface area contributed by atoms with E-state index in [0.29, 0.717) is 23.2 Å². The summed E-state index contributed by atoms with van der Waals surface area (Å²) < 4.78 is 12.8. The SMILES string of the molecule is O=C(Nc1ccc(F)cc1)c1cccc(NC2CC2)n1. The molecule has 102 valence electrons. The number of aromatic nitrogens is 1. The van der Waals surface area contributed by atoms with E-state index in [-0.39, 0.29) is 11.7 Å². The second kappa shape index (κ2) is 5.28. The number of carbonyl (C=O) groups is 1. The van der Waals surface area contributed by atoms with Crippen LogP contribution in [-0.2, 0) is 0 Å². The summed E-state index contributed by atoms with van der Waals surface area (Å²) in [4.78, 5) is 16.3. The van der Waals surface area contributed by atoms with E-state index in [0.717, 1.165) is 12.8 Å². The summed E-state index contributed by atoms with van der Waals surface area (Å²) in [6, 6.07) is 11.4. The number of nitrogens with zero attached hydrogens (tertiary/aromatic N) is 1. The Hall–Kier alpha value is -2.43. The van der Waals surface area contributed by atoms with Crippen molar-refractivity contribution in [1.29, 1.82) is 0 Å². The third-order valence-corrected chi connectivity index (χ3v) is 3.01. The van der Waals surface area contributed by atoms with Crippen LogP contribution in [0.25, 0.3) is 0 Å². The smallest absolute Gasteiger partial charge is 0.274 e. The summed E-state index contributed by atoms with van der Waals surface area (Å²) in [5.41, 5.74) is 0.874. The highest BCUT2D eigenvalue weighted by Crippen LogP contribution is 2.23. The van der Waals surface area contributed by atoms with E-state index in [1.165, 1.54) is 24.3 Å². The first-order chi connectivity index (χ1) is 9.70. The van der Waals surface area contributed by atoms with Gasteiger partial charge in [0.25, 0.3) is 5.91 Å². The van der Waals surface area contributed by atoms with Gasteiger partial charge in [-0.3, -0.25) is 4.79 Å². The second-order valence-corrected chi connectivity index (χ2v) is 4.79. The van der Waals surface area contributed by atoms with Gasteiger partial charge >= 0.3 is 0 Å². The van der Waals surface area contributed by atoms with Crippen LogP contribution in [0.1, 0.15) is 23.3 Å². The number of halogens is 1. The minimum atomic E-state index is -0.336. The molecule has 1 aliphatic rings. The molecule has 3 rings (SSSR count). The van der Waals surface area contributed by atoms with Gasteiger partial charge in [0.2, 0.25) is 0 Å². The molecule has 2 aromatic rings. The maximum absolute atomic E-state index is 12.8. The van der Waals surface area contributed by atoms with Crippen molar-refractivity contribution < 1.29 is 9.18 Å². The number of nitrogens with one attached hydrogen (secondary N) is 2. The zero-order valence-electron chi connectivity index (χ0n) is 10.8. The minimum Gasteiger partial charge on any atom is -0.367 e. The molecule has 4 nitrogen and oxygen atoms in total. The number of pyridine rings is 1. The van der Waals surface area contributed by atoms with Crippen LogP contribution in [0.3, 0.4) is 0 Å². The average Bonchev–Trinajstić information content (AvgIpc) is 3.25. The Labute approximate surface area is 116 Å². The lowest BCUT2D eigenvalue weighted by atomic mass is 10.3. The fraction of sp³-hybridized carbons (Fsp3) is 0.200. The zero-order valence-corrected chi connectivity index (χ0v) is 10.8. The standard InChI is InChI=1S/C15H14FN3O/c16-10-4-6-12(7-5-10)18-15(20)13-2-1-3-14(19-13)17-11-8-9-11/h1-7,11H,8-9H2,(H,17,19)(H,18,20). The highest BCUT2D eigenvalue weighted by Gasteiger charge is 2.21. The van der Waals surface area contributed by atoms with E-state index in [2.05, 4.69) is 15.6 Å². The van der Waals surface area contributed by atoms with Gasteiger partial charge in [-0.2, -0.15) is 0 Å². The van der Waals surface area contributed by atoms with Gasteiger partial charge in [0.1, 0.15) is 17.3 Å². The highest BCUT2D eigenvalue weighted by atomic mass is 19.1. The van der Waals surface area contributed by atoms with Gasteiger partial charge in [-0.1, -0.05) is 6.07 Å². The van der Waals surface area contributed by atoms with Crippen LogP contribution in [-0.4, -0.2) is 16.9 Å². The third kappa shape index (κ3) is 3.12. The molecule has 0 atom stereocenters. The number of hydrogen-bond donors (Lipinski definition) is 2. The molecular weight excluding hydrogens is 257 g/mol. The monoisotopic (exact) mass is 271 g/mol. The largest absolute Gasteiger partial charge is 0.367 e. The lowest BCUT2D eigenvalue weighted by Crippen LogP contribution is -2.15. The Morgan fingerprint density at radius 3 is 2.60 bits per heavy atom. The summed E-state index contributed by atoms with van der Waals surface area (Å²) in [7, 11) is 0. The molecule has 1 fully saturated rings. The summed E-state index contributed by atoms with van der Waals surface area (Å²) in [5.74, 6) is 0.0621. The topological polar surface area (TPSA) is 54.0 Å². The Balaban J connectivity index is 1.71. The zero-order chi connectivity index (χ0) is 13.9. The number of benzene rings is 1. The van der Waals surface area contributed by atoms with Gasteiger partial charge in [-0.25, -0.2) is 9.37 Å². The van der Waals surface area contributed by atoms with E-state index in [1.807, 2.05) is 6.07 Å². The first kappa shape index (κ1) is 12.6. The molecule has 0 bridgehead atoms. The molecule has 1 aliphatic carbocycles. The molecule has 1 aromatic heterocycles. The van der Waals surface area contributed by atoms with Crippen LogP contribution in [0.15, 0.2) is 42.5 Å². The van der Waals surface area contributed by atoms with E-state index >= 15 is 0 Å². The maximum atomic E-state index is 12.8. The van der Waals surface area contributed by atoms with E-state index in [9.17, 15) is 9.18 Å². The van der Waals surface area contributed by atoms with Crippen LogP contribution in [0.2, 0.25) is 0 Å². The maximum Gasteiger partial charge on any atom is 0.274 e. The molecule has 0 spiro atoms. The van der Waals surface area contributed by atoms with Crippen molar-refractivity contribution in [3.63, 3.8) is 0 Å². The number of anilines is 2. The van der Waals surface area contributed by atoms with E-state index in [4.69, 9.17) is 0 Å². The van der Waals surface area contributed by atoms with Gasteiger partial charge in [0, 0.05) is 11.7 Å². The van der Waals surface area contributed by atoms with Gasteiger partial charge in [0.05, 0.1) is 0 Å². The summed E-state index contributed by atoms with van der Waals surface area (Å²) >= 11 is 0. The number of hydrogen-bond acceptors (Lipinski definition) is 3. The van der Waals surface area contributed by atoms with Crippen molar-refractivity contribution in [3.05, 3.63) is 54.0 Å².